The molecule has 14 heavy (non-hydrogen) atoms. The number of pyridine rings is 1. The third kappa shape index (κ3) is 1.22. The summed E-state index contributed by atoms with van der Waals surface area (Å²) in [6.45, 7) is 0. The smallest absolute Gasteiger partial charge is 0.222 e. The minimum Gasteiger partial charge on any atom is -0.396 e. The molecule has 0 spiro atoms. The fourth-order valence-electron chi connectivity index (χ4n) is 1.35. The van der Waals surface area contributed by atoms with Gasteiger partial charge in [-0.1, -0.05) is 0 Å². The van der Waals surface area contributed by atoms with Crippen LogP contribution in [0.1, 0.15) is 0 Å². The highest BCUT2D eigenvalue weighted by molar-refractivity contribution is 5.72. The van der Waals surface area contributed by atoms with Crippen LogP contribution in [0.4, 0.5) is 10.1 Å². The molecule has 2 heterocycles. The molecule has 0 bridgehead atoms. The van der Waals surface area contributed by atoms with Crippen LogP contribution in [-0.4, -0.2) is 14.8 Å². The maximum absolute atomic E-state index is 13.3. The lowest BCUT2D eigenvalue weighted by molar-refractivity contribution is 0.585. The van der Waals surface area contributed by atoms with Gasteiger partial charge in [0.15, 0.2) is 0 Å². The summed E-state index contributed by atoms with van der Waals surface area (Å²) in [6, 6.07) is 3.28. The summed E-state index contributed by atoms with van der Waals surface area (Å²) in [5, 5.41) is 3.93. The molecule has 72 valence electrons. The van der Waals surface area contributed by atoms with Crippen molar-refractivity contribution in [3.8, 4) is 11.3 Å². The number of aryl methyl sites for hydroxylation is 1. The Morgan fingerprint density at radius 3 is 2.86 bits per heavy atom. The monoisotopic (exact) mass is 192 g/mol. The summed E-state index contributed by atoms with van der Waals surface area (Å²) in [4.78, 5) is 3.55. The second kappa shape index (κ2) is 3.10. The number of rotatable bonds is 1. The van der Waals surface area contributed by atoms with Crippen molar-refractivity contribution in [2.45, 2.75) is 0 Å². The standard InChI is InChI=1S/C9H9FN4/c1-14-8(7(11)5-13-14)6-3-2-4-12-9(6)10/h2-5H,11H2,1H3. The van der Waals surface area contributed by atoms with Gasteiger partial charge in [0.05, 0.1) is 23.1 Å². The largest absolute Gasteiger partial charge is 0.396 e. The molecule has 0 saturated heterocycles. The number of halogens is 1. The molecule has 0 amide bonds. The summed E-state index contributed by atoms with van der Waals surface area (Å²) in [6.07, 6.45) is 2.88. The molecule has 0 aliphatic rings. The summed E-state index contributed by atoms with van der Waals surface area (Å²) in [7, 11) is 1.71. The number of hydrogen-bond acceptors (Lipinski definition) is 3. The van der Waals surface area contributed by atoms with Crippen molar-refractivity contribution in [2.24, 2.45) is 7.05 Å². The third-order valence-corrected chi connectivity index (χ3v) is 1.98. The third-order valence-electron chi connectivity index (χ3n) is 1.98. The maximum Gasteiger partial charge on any atom is 0.222 e. The Hall–Kier alpha value is -1.91. The van der Waals surface area contributed by atoms with Gasteiger partial charge in [-0.05, 0) is 12.1 Å². The predicted molar refractivity (Wildman–Crippen MR) is 50.8 cm³/mol. The zero-order valence-corrected chi connectivity index (χ0v) is 7.61. The number of anilines is 1. The molecule has 0 aliphatic carbocycles. The van der Waals surface area contributed by atoms with Gasteiger partial charge >= 0.3 is 0 Å². The van der Waals surface area contributed by atoms with Crippen LogP contribution >= 0.6 is 0 Å². The van der Waals surface area contributed by atoms with Crippen molar-refractivity contribution >= 4 is 5.69 Å². The fraction of sp³-hybridized carbons (Fsp3) is 0.111. The van der Waals surface area contributed by atoms with Gasteiger partial charge in [-0.3, -0.25) is 4.68 Å². The van der Waals surface area contributed by atoms with Gasteiger partial charge in [0.2, 0.25) is 5.95 Å². The SMILES string of the molecule is Cn1ncc(N)c1-c1cccnc1F. The van der Waals surface area contributed by atoms with E-state index in [2.05, 4.69) is 10.1 Å². The normalized spacial score (nSPS) is 10.4. The molecule has 5 heteroatoms. The van der Waals surface area contributed by atoms with Crippen LogP contribution in [0, 0.1) is 5.95 Å². The Labute approximate surface area is 80.2 Å². The molecule has 0 aromatic carbocycles. The topological polar surface area (TPSA) is 56.7 Å². The summed E-state index contributed by atoms with van der Waals surface area (Å²) in [5.41, 5.74) is 7.03. The van der Waals surface area contributed by atoms with Crippen LogP contribution in [0.15, 0.2) is 24.5 Å². The van der Waals surface area contributed by atoms with Crippen LogP contribution in [0.2, 0.25) is 0 Å². The molecule has 0 unspecified atom stereocenters. The highest BCUT2D eigenvalue weighted by atomic mass is 19.1. The van der Waals surface area contributed by atoms with E-state index in [0.717, 1.165) is 0 Å². The molecule has 2 N–H and O–H groups in total. The van der Waals surface area contributed by atoms with E-state index in [1.54, 1.807) is 19.2 Å². The number of hydrogen-bond donors (Lipinski definition) is 1. The first kappa shape index (κ1) is 8.68. The zero-order valence-electron chi connectivity index (χ0n) is 7.61. The minimum absolute atomic E-state index is 0.366. The number of nitrogen functional groups attached to an aromatic ring is 1. The molecule has 2 rings (SSSR count). The molecule has 0 aliphatic heterocycles. The van der Waals surface area contributed by atoms with E-state index in [0.29, 0.717) is 16.9 Å². The van der Waals surface area contributed by atoms with Gasteiger partial charge in [-0.25, -0.2) is 4.98 Å². The molecule has 2 aromatic rings. The van der Waals surface area contributed by atoms with Gasteiger partial charge < -0.3 is 5.73 Å². The number of nitrogens with zero attached hydrogens (tertiary/aromatic N) is 3. The number of nitrogens with two attached hydrogens (primary N) is 1. The molecule has 0 radical (unpaired) electrons. The molecule has 0 fully saturated rings. The van der Waals surface area contributed by atoms with Crippen molar-refractivity contribution in [1.29, 1.82) is 0 Å². The van der Waals surface area contributed by atoms with Crippen LogP contribution in [-0.2, 0) is 7.05 Å². The van der Waals surface area contributed by atoms with Gasteiger partial charge in [-0.15, -0.1) is 0 Å². The Balaban J connectivity index is 2.66. The molecule has 0 atom stereocenters. The van der Waals surface area contributed by atoms with Crippen LogP contribution < -0.4 is 5.73 Å². The highest BCUT2D eigenvalue weighted by Gasteiger charge is 2.12. The van der Waals surface area contributed by atoms with Crippen molar-refractivity contribution in [3.05, 3.63) is 30.5 Å². The quantitative estimate of drug-likeness (QED) is 0.691. The first-order chi connectivity index (χ1) is 6.70. The van der Waals surface area contributed by atoms with E-state index in [9.17, 15) is 4.39 Å². The van der Waals surface area contributed by atoms with Crippen LogP contribution in [0.3, 0.4) is 0 Å². The average Bonchev–Trinajstić information content (AvgIpc) is 2.48. The average molecular weight is 192 g/mol. The van der Waals surface area contributed by atoms with Gasteiger partial charge in [0, 0.05) is 13.2 Å². The second-order valence-corrected chi connectivity index (χ2v) is 2.91. The van der Waals surface area contributed by atoms with E-state index in [1.165, 1.54) is 17.1 Å². The molecule has 0 saturated carbocycles. The van der Waals surface area contributed by atoms with E-state index < -0.39 is 5.95 Å². The highest BCUT2D eigenvalue weighted by Crippen LogP contribution is 2.25. The zero-order chi connectivity index (χ0) is 10.1. The minimum atomic E-state index is -0.539. The van der Waals surface area contributed by atoms with Crippen molar-refractivity contribution < 1.29 is 4.39 Å². The lowest BCUT2D eigenvalue weighted by Gasteiger charge is -2.03. The lowest BCUT2D eigenvalue weighted by atomic mass is 10.2. The number of aromatic nitrogens is 3. The van der Waals surface area contributed by atoms with Crippen LogP contribution in [0.5, 0.6) is 0 Å². The maximum atomic E-state index is 13.3. The van der Waals surface area contributed by atoms with E-state index in [4.69, 9.17) is 5.73 Å². The van der Waals surface area contributed by atoms with Gasteiger partial charge in [-0.2, -0.15) is 9.49 Å². The lowest BCUT2D eigenvalue weighted by Crippen LogP contribution is -1.98. The Bertz CT molecular complexity index is 444. The summed E-state index contributed by atoms with van der Waals surface area (Å²) in [5.74, 6) is -0.539. The Morgan fingerprint density at radius 1 is 1.50 bits per heavy atom. The summed E-state index contributed by atoms with van der Waals surface area (Å²) < 4.78 is 14.8. The fourth-order valence-corrected chi connectivity index (χ4v) is 1.35. The second-order valence-electron chi connectivity index (χ2n) is 2.91. The van der Waals surface area contributed by atoms with E-state index >= 15 is 0 Å². The summed E-state index contributed by atoms with van der Waals surface area (Å²) >= 11 is 0. The first-order valence-electron chi connectivity index (χ1n) is 4.08. The first-order valence-corrected chi connectivity index (χ1v) is 4.08. The predicted octanol–water partition coefficient (Wildman–Crippen LogP) is 1.20. The molecular weight excluding hydrogens is 183 g/mol. The molecule has 2 aromatic heterocycles. The van der Waals surface area contributed by atoms with Crippen LogP contribution in [0.25, 0.3) is 11.3 Å². The van der Waals surface area contributed by atoms with Crippen molar-refractivity contribution in [2.75, 3.05) is 5.73 Å². The van der Waals surface area contributed by atoms with Crippen molar-refractivity contribution in [1.82, 2.24) is 14.8 Å². The molecular formula is C9H9FN4. The Morgan fingerprint density at radius 2 is 2.29 bits per heavy atom. The Kier molecular flexibility index (Phi) is 1.92. The van der Waals surface area contributed by atoms with Gasteiger partial charge in [0.25, 0.3) is 0 Å². The van der Waals surface area contributed by atoms with Gasteiger partial charge in [0.1, 0.15) is 0 Å². The molecule has 4 nitrogen and oxygen atoms in total. The van der Waals surface area contributed by atoms with E-state index in [-0.39, 0.29) is 0 Å². The van der Waals surface area contributed by atoms with E-state index in [1.807, 2.05) is 0 Å². The van der Waals surface area contributed by atoms with Crippen molar-refractivity contribution in [3.63, 3.8) is 0 Å².